The van der Waals surface area contributed by atoms with E-state index in [9.17, 15) is 13.9 Å². The topological polar surface area (TPSA) is 39.6 Å². The molecular weight excluding hydrogens is 356 g/mol. The number of hydrogen-bond donors (Lipinski definition) is 1. The lowest BCUT2D eigenvalue weighted by Crippen LogP contribution is -2.54. The molecule has 1 aromatic carbocycles. The van der Waals surface area contributed by atoms with Gasteiger partial charge in [-0.2, -0.15) is 0 Å². The summed E-state index contributed by atoms with van der Waals surface area (Å²) in [6.45, 7) is 9.75. The van der Waals surface area contributed by atoms with E-state index in [1.54, 1.807) is 5.38 Å². The Balaban J connectivity index is 1.64. The maximum Gasteiger partial charge on any atom is 0.135 e. The zero-order valence-electron chi connectivity index (χ0n) is 15.4. The third-order valence-corrected chi connectivity index (χ3v) is 5.40. The van der Waals surface area contributed by atoms with Gasteiger partial charge in [-0.15, -0.1) is 11.3 Å². The first-order chi connectivity index (χ1) is 12.2. The maximum atomic E-state index is 13.9. The fourth-order valence-corrected chi connectivity index (χ4v) is 4.20. The summed E-state index contributed by atoms with van der Waals surface area (Å²) in [5, 5.41) is 12.6. The molecule has 1 fully saturated rings. The Kier molecular flexibility index (Phi) is 5.72. The zero-order chi connectivity index (χ0) is 18.9. The summed E-state index contributed by atoms with van der Waals surface area (Å²) in [6.07, 6.45) is 0. The molecule has 1 aromatic heterocycles. The molecule has 0 spiro atoms. The van der Waals surface area contributed by atoms with Gasteiger partial charge in [-0.1, -0.05) is 6.07 Å². The van der Waals surface area contributed by atoms with Gasteiger partial charge in [-0.3, -0.25) is 9.80 Å². The van der Waals surface area contributed by atoms with Crippen molar-refractivity contribution in [1.82, 2.24) is 14.8 Å². The molecule has 1 saturated heterocycles. The van der Waals surface area contributed by atoms with E-state index < -0.39 is 17.2 Å². The first kappa shape index (κ1) is 19.4. The highest BCUT2D eigenvalue weighted by molar-refractivity contribution is 7.09. The number of hydrogen-bond acceptors (Lipinski definition) is 5. The number of piperazine rings is 1. The van der Waals surface area contributed by atoms with Crippen LogP contribution in [0.3, 0.4) is 0 Å². The molecule has 0 bridgehead atoms. The molecule has 1 unspecified atom stereocenters. The van der Waals surface area contributed by atoms with Gasteiger partial charge in [-0.25, -0.2) is 13.8 Å². The van der Waals surface area contributed by atoms with Gasteiger partial charge < -0.3 is 5.11 Å². The SMILES string of the molecule is CC1CN(Cc2nc(-c3c(F)cccc3F)cs2)CCN1CC(C)(C)O. The average Bonchev–Trinajstić information content (AvgIpc) is 2.97. The van der Waals surface area contributed by atoms with E-state index in [-0.39, 0.29) is 5.56 Å². The van der Waals surface area contributed by atoms with Gasteiger partial charge in [0.15, 0.2) is 0 Å². The molecule has 0 amide bonds. The maximum absolute atomic E-state index is 13.9. The van der Waals surface area contributed by atoms with Gasteiger partial charge in [0, 0.05) is 37.6 Å². The van der Waals surface area contributed by atoms with Crippen molar-refractivity contribution in [1.29, 1.82) is 0 Å². The van der Waals surface area contributed by atoms with Crippen LogP contribution >= 0.6 is 11.3 Å². The van der Waals surface area contributed by atoms with Crippen molar-refractivity contribution < 1.29 is 13.9 Å². The van der Waals surface area contributed by atoms with Gasteiger partial charge in [0.05, 0.1) is 23.4 Å². The number of aromatic nitrogens is 1. The van der Waals surface area contributed by atoms with Crippen molar-refractivity contribution in [3.05, 3.63) is 40.2 Å². The number of thiazole rings is 1. The van der Waals surface area contributed by atoms with Gasteiger partial charge in [0.25, 0.3) is 0 Å². The second-order valence-corrected chi connectivity index (χ2v) is 8.53. The summed E-state index contributed by atoms with van der Waals surface area (Å²) in [4.78, 5) is 9.03. The van der Waals surface area contributed by atoms with Crippen LogP contribution in [-0.4, -0.2) is 57.7 Å². The van der Waals surface area contributed by atoms with Crippen molar-refractivity contribution in [3.8, 4) is 11.3 Å². The first-order valence-electron chi connectivity index (χ1n) is 8.80. The quantitative estimate of drug-likeness (QED) is 0.862. The monoisotopic (exact) mass is 381 g/mol. The molecule has 0 saturated carbocycles. The lowest BCUT2D eigenvalue weighted by Gasteiger charge is -2.41. The minimum Gasteiger partial charge on any atom is -0.389 e. The Bertz CT molecular complexity index is 739. The number of halogens is 2. The van der Waals surface area contributed by atoms with Gasteiger partial charge in [-0.05, 0) is 32.9 Å². The van der Waals surface area contributed by atoms with Crippen LogP contribution in [0.1, 0.15) is 25.8 Å². The first-order valence-corrected chi connectivity index (χ1v) is 9.68. The average molecular weight is 381 g/mol. The highest BCUT2D eigenvalue weighted by atomic mass is 32.1. The molecule has 1 atom stereocenters. The van der Waals surface area contributed by atoms with E-state index >= 15 is 0 Å². The van der Waals surface area contributed by atoms with Crippen LogP contribution < -0.4 is 0 Å². The van der Waals surface area contributed by atoms with Crippen molar-refractivity contribution in [3.63, 3.8) is 0 Å². The second kappa shape index (κ2) is 7.68. The summed E-state index contributed by atoms with van der Waals surface area (Å²) < 4.78 is 27.8. The zero-order valence-corrected chi connectivity index (χ0v) is 16.2. The Morgan fingerprint density at radius 3 is 2.58 bits per heavy atom. The molecule has 1 aliphatic heterocycles. The summed E-state index contributed by atoms with van der Waals surface area (Å²) in [5.74, 6) is -1.17. The molecule has 142 valence electrons. The summed E-state index contributed by atoms with van der Waals surface area (Å²) in [5.41, 5.74) is -0.405. The molecule has 26 heavy (non-hydrogen) atoms. The van der Waals surface area contributed by atoms with Gasteiger partial charge in [0.1, 0.15) is 16.6 Å². The molecule has 4 nitrogen and oxygen atoms in total. The van der Waals surface area contributed by atoms with E-state index in [2.05, 4.69) is 21.7 Å². The minimum absolute atomic E-state index is 0.0571. The standard InChI is InChI=1S/C19H25F2N3OS/c1-13-9-23(7-8-24(13)12-19(2,3)25)10-17-22-16(11-26-17)18-14(20)5-4-6-15(18)21/h4-6,11,13,25H,7-10,12H2,1-3H3. The molecule has 3 rings (SSSR count). The lowest BCUT2D eigenvalue weighted by molar-refractivity contribution is -0.00507. The predicted octanol–water partition coefficient (Wildman–Crippen LogP) is 3.37. The molecule has 2 heterocycles. The molecule has 0 aliphatic carbocycles. The molecule has 2 aromatic rings. The largest absolute Gasteiger partial charge is 0.389 e. The van der Waals surface area contributed by atoms with Crippen LogP contribution in [0, 0.1) is 11.6 Å². The van der Waals surface area contributed by atoms with E-state index in [4.69, 9.17) is 0 Å². The highest BCUT2D eigenvalue weighted by Gasteiger charge is 2.28. The minimum atomic E-state index is -0.704. The molecule has 7 heteroatoms. The number of β-amino-alcohol motifs (C(OH)–C–C–N with tert-alkyl or cyclic N) is 1. The Labute approximate surface area is 157 Å². The number of rotatable bonds is 5. The summed E-state index contributed by atoms with van der Waals surface area (Å²) >= 11 is 1.43. The number of aliphatic hydroxyl groups is 1. The fourth-order valence-electron chi connectivity index (χ4n) is 3.38. The van der Waals surface area contributed by atoms with Gasteiger partial charge in [0.2, 0.25) is 0 Å². The van der Waals surface area contributed by atoms with E-state index in [0.29, 0.717) is 24.8 Å². The van der Waals surface area contributed by atoms with Crippen LogP contribution in [0.15, 0.2) is 23.6 Å². The van der Waals surface area contributed by atoms with Crippen LogP contribution in [0.25, 0.3) is 11.3 Å². The third kappa shape index (κ3) is 4.65. The molecular formula is C19H25F2N3OS. The van der Waals surface area contributed by atoms with E-state index in [0.717, 1.165) is 24.6 Å². The summed E-state index contributed by atoms with van der Waals surface area (Å²) in [7, 11) is 0. The van der Waals surface area contributed by atoms with E-state index in [1.807, 2.05) is 13.8 Å². The van der Waals surface area contributed by atoms with Gasteiger partial charge >= 0.3 is 0 Å². The normalized spacial score (nSPS) is 19.8. The molecule has 1 aliphatic rings. The third-order valence-electron chi connectivity index (χ3n) is 4.57. The Morgan fingerprint density at radius 1 is 1.27 bits per heavy atom. The number of benzene rings is 1. The van der Waals surface area contributed by atoms with Crippen molar-refractivity contribution in [2.45, 2.75) is 39.0 Å². The highest BCUT2D eigenvalue weighted by Crippen LogP contribution is 2.28. The fraction of sp³-hybridized carbons (Fsp3) is 0.526. The second-order valence-electron chi connectivity index (χ2n) is 7.59. The van der Waals surface area contributed by atoms with E-state index in [1.165, 1.54) is 29.5 Å². The lowest BCUT2D eigenvalue weighted by atomic mass is 10.1. The Hall–Kier alpha value is -1.41. The van der Waals surface area contributed by atoms with Crippen LogP contribution in [0.2, 0.25) is 0 Å². The van der Waals surface area contributed by atoms with Crippen molar-refractivity contribution >= 4 is 11.3 Å². The Morgan fingerprint density at radius 2 is 1.96 bits per heavy atom. The predicted molar refractivity (Wildman–Crippen MR) is 100 cm³/mol. The summed E-state index contributed by atoms with van der Waals surface area (Å²) in [6, 6.07) is 4.19. The molecule has 1 N–H and O–H groups in total. The van der Waals surface area contributed by atoms with Crippen molar-refractivity contribution in [2.75, 3.05) is 26.2 Å². The number of nitrogens with zero attached hydrogens (tertiary/aromatic N) is 3. The molecule has 0 radical (unpaired) electrons. The van der Waals surface area contributed by atoms with Crippen LogP contribution in [0.5, 0.6) is 0 Å². The smallest absolute Gasteiger partial charge is 0.135 e. The van der Waals surface area contributed by atoms with Crippen LogP contribution in [-0.2, 0) is 6.54 Å². The van der Waals surface area contributed by atoms with Crippen LogP contribution in [0.4, 0.5) is 8.78 Å². The van der Waals surface area contributed by atoms with Crippen molar-refractivity contribution in [2.24, 2.45) is 0 Å².